The van der Waals surface area contributed by atoms with Crippen molar-refractivity contribution in [2.45, 2.75) is 61.8 Å². The van der Waals surface area contributed by atoms with Crippen molar-refractivity contribution in [2.75, 3.05) is 0 Å². The number of rotatable bonds is 2. The largest absolute Gasteiger partial charge is 0.207 e. The Bertz CT molecular complexity index is 469. The summed E-state index contributed by atoms with van der Waals surface area (Å²) in [6.45, 7) is 21.2. The number of halogens is 1. The fraction of sp³-hybridized carbons (Fsp3) is 0.667. The Morgan fingerprint density at radius 3 is 2.15 bits per heavy atom. The molecule has 1 aliphatic carbocycles. The lowest BCUT2D eigenvalue weighted by Gasteiger charge is -2.43. The molecule has 0 aromatic carbocycles. The van der Waals surface area contributed by atoms with E-state index in [9.17, 15) is 4.39 Å². The zero-order chi connectivity index (χ0) is 15.9. The first-order valence-electron chi connectivity index (χ1n) is 7.24. The highest BCUT2D eigenvalue weighted by molar-refractivity contribution is 8.06. The summed E-state index contributed by atoms with van der Waals surface area (Å²) in [6, 6.07) is 0. The molecule has 0 saturated carbocycles. The van der Waals surface area contributed by atoms with Gasteiger partial charge in [0, 0.05) is 0 Å². The summed E-state index contributed by atoms with van der Waals surface area (Å²) in [6.07, 6.45) is 2.70. The first kappa shape index (κ1) is 17.6. The van der Waals surface area contributed by atoms with Gasteiger partial charge < -0.3 is 0 Å². The Labute approximate surface area is 128 Å². The van der Waals surface area contributed by atoms with E-state index in [2.05, 4.69) is 55.0 Å². The molecule has 0 radical (unpaired) electrons. The number of thioether (sulfide) groups is 1. The third-order valence-corrected chi connectivity index (χ3v) is 6.10. The van der Waals surface area contributed by atoms with Gasteiger partial charge in [0.1, 0.15) is 5.83 Å². The minimum atomic E-state index is -0.156. The van der Waals surface area contributed by atoms with Gasteiger partial charge in [-0.15, -0.1) is 0 Å². The molecule has 0 nitrogen and oxygen atoms in total. The van der Waals surface area contributed by atoms with E-state index in [1.165, 1.54) is 0 Å². The smallest absolute Gasteiger partial charge is 0.123 e. The normalized spacial score (nSPS) is 24.8. The van der Waals surface area contributed by atoms with Crippen LogP contribution < -0.4 is 0 Å². The van der Waals surface area contributed by atoms with Gasteiger partial charge in [-0.2, -0.15) is 0 Å². The van der Waals surface area contributed by atoms with Crippen LogP contribution in [0.15, 0.2) is 33.9 Å². The van der Waals surface area contributed by atoms with Crippen LogP contribution in [0.3, 0.4) is 0 Å². The molecule has 0 aromatic rings. The highest BCUT2D eigenvalue weighted by Crippen LogP contribution is 2.53. The molecule has 0 fully saturated rings. The molecule has 0 heterocycles. The van der Waals surface area contributed by atoms with Crippen molar-refractivity contribution in [1.82, 2.24) is 0 Å². The van der Waals surface area contributed by atoms with Crippen molar-refractivity contribution >= 4 is 11.8 Å². The van der Waals surface area contributed by atoms with Gasteiger partial charge in [-0.3, -0.25) is 0 Å². The summed E-state index contributed by atoms with van der Waals surface area (Å²) >= 11 is 1.66. The molecule has 114 valence electrons. The Morgan fingerprint density at radius 1 is 1.25 bits per heavy atom. The quantitative estimate of drug-likeness (QED) is 0.536. The van der Waals surface area contributed by atoms with Crippen LogP contribution in [0.25, 0.3) is 0 Å². The molecule has 0 aliphatic heterocycles. The maximum Gasteiger partial charge on any atom is 0.123 e. The van der Waals surface area contributed by atoms with Crippen molar-refractivity contribution < 1.29 is 4.39 Å². The van der Waals surface area contributed by atoms with Gasteiger partial charge in [-0.1, -0.05) is 66.8 Å². The molecule has 1 aliphatic rings. The summed E-state index contributed by atoms with van der Waals surface area (Å²) in [5.74, 6) is -0.0714. The van der Waals surface area contributed by atoms with Crippen LogP contribution in [0.5, 0.6) is 0 Å². The second-order valence-corrected chi connectivity index (χ2v) is 9.35. The lowest BCUT2D eigenvalue weighted by Crippen LogP contribution is -2.33. The van der Waals surface area contributed by atoms with Gasteiger partial charge in [0.05, 0.1) is 0 Å². The van der Waals surface area contributed by atoms with E-state index in [0.29, 0.717) is 0 Å². The molecule has 0 aromatic heterocycles. The molecule has 2 heteroatoms. The molecule has 20 heavy (non-hydrogen) atoms. The highest BCUT2D eigenvalue weighted by Gasteiger charge is 2.40. The fourth-order valence-electron chi connectivity index (χ4n) is 1.93. The van der Waals surface area contributed by atoms with Crippen molar-refractivity contribution in [3.8, 4) is 0 Å². The SMILES string of the molecule is C=C(SC1=C(C)C(F)=CC(C)(C(C)(C)C)C1)C(C)(C)C. The van der Waals surface area contributed by atoms with E-state index in [1.54, 1.807) is 11.8 Å². The first-order chi connectivity index (χ1) is 8.78. The van der Waals surface area contributed by atoms with Crippen LogP contribution in [-0.2, 0) is 0 Å². The van der Waals surface area contributed by atoms with Gasteiger partial charge in [-0.05, 0) is 51.0 Å². The minimum absolute atomic E-state index is 0.0277. The van der Waals surface area contributed by atoms with E-state index in [-0.39, 0.29) is 22.1 Å². The van der Waals surface area contributed by atoms with Crippen LogP contribution in [0.4, 0.5) is 4.39 Å². The van der Waals surface area contributed by atoms with E-state index in [4.69, 9.17) is 0 Å². The van der Waals surface area contributed by atoms with Crippen LogP contribution >= 0.6 is 11.8 Å². The maximum atomic E-state index is 14.4. The predicted octanol–water partition coefficient (Wildman–Crippen LogP) is 6.86. The van der Waals surface area contributed by atoms with Gasteiger partial charge in [0.15, 0.2) is 0 Å². The van der Waals surface area contributed by atoms with Crippen molar-refractivity contribution in [3.05, 3.63) is 33.9 Å². The van der Waals surface area contributed by atoms with E-state index in [1.807, 2.05) is 13.0 Å². The Kier molecular flexibility index (Phi) is 4.71. The fourth-order valence-corrected chi connectivity index (χ4v) is 3.16. The molecular weight excluding hydrogens is 267 g/mol. The van der Waals surface area contributed by atoms with E-state index in [0.717, 1.165) is 21.8 Å². The second kappa shape index (κ2) is 5.36. The third-order valence-electron chi connectivity index (χ3n) is 4.55. The third kappa shape index (κ3) is 3.58. The van der Waals surface area contributed by atoms with Crippen LogP contribution in [0.1, 0.15) is 61.8 Å². The zero-order valence-electron chi connectivity index (χ0n) is 14.3. The maximum absolute atomic E-state index is 14.4. The first-order valence-corrected chi connectivity index (χ1v) is 8.05. The number of hydrogen-bond donors (Lipinski definition) is 0. The average molecular weight is 296 g/mol. The summed E-state index contributed by atoms with van der Waals surface area (Å²) in [5, 5.41) is 0. The molecule has 0 saturated heterocycles. The second-order valence-electron chi connectivity index (χ2n) is 8.16. The molecule has 0 amide bonds. The molecule has 0 N–H and O–H groups in total. The molecule has 1 unspecified atom stereocenters. The molecule has 1 rings (SSSR count). The summed E-state index contributed by atoms with van der Waals surface area (Å²) in [4.78, 5) is 2.22. The van der Waals surface area contributed by atoms with E-state index >= 15 is 0 Å². The molecule has 0 spiro atoms. The van der Waals surface area contributed by atoms with Crippen LogP contribution in [0.2, 0.25) is 0 Å². The molecule has 1 atom stereocenters. The predicted molar refractivity (Wildman–Crippen MR) is 90.3 cm³/mol. The van der Waals surface area contributed by atoms with Crippen LogP contribution in [-0.4, -0.2) is 0 Å². The Hall–Kier alpha value is -0.500. The van der Waals surface area contributed by atoms with Crippen molar-refractivity contribution in [1.29, 1.82) is 0 Å². The summed E-state index contributed by atoms with van der Waals surface area (Å²) in [5.41, 5.74) is 0.687. The topological polar surface area (TPSA) is 0 Å². The van der Waals surface area contributed by atoms with Crippen LogP contribution in [0, 0.1) is 16.2 Å². The lowest BCUT2D eigenvalue weighted by molar-refractivity contribution is 0.164. The van der Waals surface area contributed by atoms with Crippen molar-refractivity contribution in [3.63, 3.8) is 0 Å². The lowest BCUT2D eigenvalue weighted by atomic mass is 9.64. The summed E-state index contributed by atoms with van der Waals surface area (Å²) < 4.78 is 14.4. The average Bonchev–Trinajstić information content (AvgIpc) is 2.22. The van der Waals surface area contributed by atoms with Gasteiger partial charge in [0.2, 0.25) is 0 Å². The van der Waals surface area contributed by atoms with Gasteiger partial charge >= 0.3 is 0 Å². The number of hydrogen-bond acceptors (Lipinski definition) is 1. The highest BCUT2D eigenvalue weighted by atomic mass is 32.2. The minimum Gasteiger partial charge on any atom is -0.207 e. The number of allylic oxidation sites excluding steroid dienone is 5. The molecular formula is C18H29FS. The Morgan fingerprint density at radius 2 is 1.75 bits per heavy atom. The van der Waals surface area contributed by atoms with Gasteiger partial charge in [0.25, 0.3) is 0 Å². The standard InChI is InChI=1S/C18H29FS/c1-12-14(19)10-18(9,17(6,7)8)11-15(12)20-13(2)16(3,4)5/h10H,2,11H2,1,3-9H3. The van der Waals surface area contributed by atoms with E-state index < -0.39 is 0 Å². The molecule has 0 bridgehead atoms. The van der Waals surface area contributed by atoms with Gasteiger partial charge in [-0.25, -0.2) is 4.39 Å². The summed E-state index contributed by atoms with van der Waals surface area (Å²) in [7, 11) is 0. The monoisotopic (exact) mass is 296 g/mol. The Balaban J connectivity index is 3.12. The zero-order valence-corrected chi connectivity index (χ0v) is 15.1. The van der Waals surface area contributed by atoms with Crippen molar-refractivity contribution in [2.24, 2.45) is 16.2 Å².